The Morgan fingerprint density at radius 2 is 1.81 bits per heavy atom. The quantitative estimate of drug-likeness (QED) is 0.714. The molecule has 0 aliphatic heterocycles. The molecule has 0 aliphatic carbocycles. The van der Waals surface area contributed by atoms with E-state index >= 15 is 0 Å². The fraction of sp³-hybridized carbons (Fsp3) is 0.188. The first-order valence-corrected chi connectivity index (χ1v) is 6.73. The van der Waals surface area contributed by atoms with Crippen LogP contribution in [0.5, 0.6) is 0 Å². The average molecular weight is 285 g/mol. The molecule has 2 amide bonds. The van der Waals surface area contributed by atoms with Gasteiger partial charge in [-0.2, -0.15) is 5.48 Å². The Morgan fingerprint density at radius 3 is 2.43 bits per heavy atom. The van der Waals surface area contributed by atoms with Crippen LogP contribution < -0.4 is 16.5 Å². The van der Waals surface area contributed by atoms with Crippen molar-refractivity contribution < 1.29 is 9.63 Å². The molecule has 0 heterocycles. The van der Waals surface area contributed by atoms with Crippen molar-refractivity contribution in [3.63, 3.8) is 0 Å². The highest BCUT2D eigenvalue weighted by atomic mass is 16.6. The van der Waals surface area contributed by atoms with Crippen molar-refractivity contribution in [2.75, 3.05) is 5.32 Å². The number of carbonyl (C=O) groups is 1. The van der Waals surface area contributed by atoms with Gasteiger partial charge in [0, 0.05) is 5.69 Å². The third-order valence-electron chi connectivity index (χ3n) is 3.02. The number of nitrogens with one attached hydrogen (secondary N) is 2. The Morgan fingerprint density at radius 1 is 1.14 bits per heavy atom. The molecule has 2 rings (SSSR count). The van der Waals surface area contributed by atoms with Crippen LogP contribution in [0.1, 0.15) is 24.1 Å². The second-order valence-electron chi connectivity index (χ2n) is 4.73. The maximum absolute atomic E-state index is 10.7. The SMILES string of the molecule is CC(NOCc1ccccc1)c1ccc(NC(N)=O)cc1. The van der Waals surface area contributed by atoms with Gasteiger partial charge in [-0.25, -0.2) is 4.79 Å². The van der Waals surface area contributed by atoms with E-state index in [1.165, 1.54) is 0 Å². The third-order valence-corrected chi connectivity index (χ3v) is 3.02. The number of hydroxylamine groups is 1. The lowest BCUT2D eigenvalue weighted by Crippen LogP contribution is -2.20. The molecule has 5 nitrogen and oxygen atoms in total. The molecule has 1 atom stereocenters. The number of nitrogens with two attached hydrogens (primary N) is 1. The molecule has 2 aromatic carbocycles. The summed E-state index contributed by atoms with van der Waals surface area (Å²) >= 11 is 0. The Balaban J connectivity index is 1.82. The molecule has 0 saturated heterocycles. The number of urea groups is 1. The zero-order chi connectivity index (χ0) is 15.1. The fourth-order valence-electron chi connectivity index (χ4n) is 1.89. The molecule has 2 aromatic rings. The summed E-state index contributed by atoms with van der Waals surface area (Å²) in [6.45, 7) is 2.51. The fourth-order valence-corrected chi connectivity index (χ4v) is 1.89. The van der Waals surface area contributed by atoms with E-state index in [0.29, 0.717) is 12.3 Å². The van der Waals surface area contributed by atoms with E-state index in [-0.39, 0.29) is 6.04 Å². The van der Waals surface area contributed by atoms with Gasteiger partial charge in [0.05, 0.1) is 12.6 Å². The average Bonchev–Trinajstić information content (AvgIpc) is 2.48. The Labute approximate surface area is 124 Å². The maximum Gasteiger partial charge on any atom is 0.316 e. The lowest BCUT2D eigenvalue weighted by molar-refractivity contribution is 0.00698. The lowest BCUT2D eigenvalue weighted by atomic mass is 10.1. The van der Waals surface area contributed by atoms with Crippen LogP contribution in [-0.4, -0.2) is 6.03 Å². The standard InChI is InChI=1S/C16H19N3O2/c1-12(19-21-11-13-5-3-2-4-6-13)14-7-9-15(10-8-14)18-16(17)20/h2-10,12,19H,11H2,1H3,(H3,17,18,20). The molecule has 0 aromatic heterocycles. The number of amides is 2. The van der Waals surface area contributed by atoms with E-state index < -0.39 is 6.03 Å². The zero-order valence-electron chi connectivity index (χ0n) is 11.9. The van der Waals surface area contributed by atoms with Crippen LogP contribution in [0.25, 0.3) is 0 Å². The molecular weight excluding hydrogens is 266 g/mol. The van der Waals surface area contributed by atoms with Crippen LogP contribution in [0.3, 0.4) is 0 Å². The normalized spacial score (nSPS) is 11.9. The second kappa shape index (κ2) is 7.42. The molecular formula is C16H19N3O2. The van der Waals surface area contributed by atoms with Crippen LogP contribution in [0, 0.1) is 0 Å². The van der Waals surface area contributed by atoms with Crippen molar-refractivity contribution >= 4 is 11.7 Å². The van der Waals surface area contributed by atoms with Gasteiger partial charge in [-0.1, -0.05) is 42.5 Å². The van der Waals surface area contributed by atoms with E-state index in [0.717, 1.165) is 11.1 Å². The van der Waals surface area contributed by atoms with Gasteiger partial charge in [0.25, 0.3) is 0 Å². The summed E-state index contributed by atoms with van der Waals surface area (Å²) in [7, 11) is 0. The van der Waals surface area contributed by atoms with Crippen molar-refractivity contribution in [1.29, 1.82) is 0 Å². The van der Waals surface area contributed by atoms with E-state index in [1.807, 2.05) is 49.4 Å². The van der Waals surface area contributed by atoms with Gasteiger partial charge in [0.15, 0.2) is 0 Å². The number of rotatable bonds is 6. The van der Waals surface area contributed by atoms with Crippen LogP contribution in [0.4, 0.5) is 10.5 Å². The first-order chi connectivity index (χ1) is 10.1. The summed E-state index contributed by atoms with van der Waals surface area (Å²) in [5, 5.41) is 2.52. The molecule has 0 saturated carbocycles. The first kappa shape index (κ1) is 15.0. The molecule has 0 spiro atoms. The predicted molar refractivity (Wildman–Crippen MR) is 82.4 cm³/mol. The van der Waals surface area contributed by atoms with Gasteiger partial charge in [-0.15, -0.1) is 0 Å². The summed E-state index contributed by atoms with van der Waals surface area (Å²) in [4.78, 5) is 16.2. The monoisotopic (exact) mass is 285 g/mol. The minimum atomic E-state index is -0.569. The van der Waals surface area contributed by atoms with Gasteiger partial charge in [-0.3, -0.25) is 4.84 Å². The highest BCUT2D eigenvalue weighted by molar-refractivity contribution is 5.87. The number of anilines is 1. The first-order valence-electron chi connectivity index (χ1n) is 6.73. The highest BCUT2D eigenvalue weighted by Gasteiger charge is 2.05. The maximum atomic E-state index is 10.7. The molecule has 0 bridgehead atoms. The number of hydrogen-bond donors (Lipinski definition) is 3. The van der Waals surface area contributed by atoms with Crippen LogP contribution >= 0.6 is 0 Å². The molecule has 110 valence electrons. The Bertz CT molecular complexity index is 570. The van der Waals surface area contributed by atoms with Crippen molar-refractivity contribution in [3.8, 4) is 0 Å². The third kappa shape index (κ3) is 4.91. The molecule has 21 heavy (non-hydrogen) atoms. The molecule has 0 aliphatic rings. The molecule has 0 fully saturated rings. The van der Waals surface area contributed by atoms with Crippen molar-refractivity contribution in [2.24, 2.45) is 5.73 Å². The smallest absolute Gasteiger partial charge is 0.316 e. The van der Waals surface area contributed by atoms with Gasteiger partial charge in [0.1, 0.15) is 0 Å². The van der Waals surface area contributed by atoms with Gasteiger partial charge in [0.2, 0.25) is 0 Å². The molecule has 1 unspecified atom stereocenters. The minimum absolute atomic E-state index is 0.0383. The van der Waals surface area contributed by atoms with Crippen LogP contribution in [-0.2, 0) is 11.4 Å². The number of carbonyl (C=O) groups excluding carboxylic acids is 1. The van der Waals surface area contributed by atoms with Crippen LogP contribution in [0.15, 0.2) is 54.6 Å². The largest absolute Gasteiger partial charge is 0.351 e. The summed E-state index contributed by atoms with van der Waals surface area (Å²) in [6.07, 6.45) is 0. The van der Waals surface area contributed by atoms with Crippen molar-refractivity contribution in [2.45, 2.75) is 19.6 Å². The Hall–Kier alpha value is -2.37. The van der Waals surface area contributed by atoms with Gasteiger partial charge in [-0.05, 0) is 30.2 Å². The second-order valence-corrected chi connectivity index (χ2v) is 4.73. The van der Waals surface area contributed by atoms with Crippen molar-refractivity contribution in [3.05, 3.63) is 65.7 Å². The minimum Gasteiger partial charge on any atom is -0.351 e. The number of benzene rings is 2. The van der Waals surface area contributed by atoms with E-state index in [2.05, 4.69) is 10.8 Å². The van der Waals surface area contributed by atoms with Crippen molar-refractivity contribution in [1.82, 2.24) is 5.48 Å². The molecule has 5 heteroatoms. The zero-order valence-corrected chi connectivity index (χ0v) is 11.9. The van der Waals surface area contributed by atoms with Gasteiger partial charge < -0.3 is 11.1 Å². The van der Waals surface area contributed by atoms with Crippen LogP contribution in [0.2, 0.25) is 0 Å². The summed E-state index contributed by atoms with van der Waals surface area (Å²) in [5.74, 6) is 0. The Kier molecular flexibility index (Phi) is 5.31. The van der Waals surface area contributed by atoms with E-state index in [1.54, 1.807) is 12.1 Å². The number of hydrogen-bond acceptors (Lipinski definition) is 3. The lowest BCUT2D eigenvalue weighted by Gasteiger charge is -2.14. The van der Waals surface area contributed by atoms with E-state index in [9.17, 15) is 4.79 Å². The summed E-state index contributed by atoms with van der Waals surface area (Å²) in [5.41, 5.74) is 10.9. The van der Waals surface area contributed by atoms with E-state index in [4.69, 9.17) is 10.6 Å². The van der Waals surface area contributed by atoms with Gasteiger partial charge >= 0.3 is 6.03 Å². The number of primary amides is 1. The predicted octanol–water partition coefficient (Wildman–Crippen LogP) is 2.96. The molecule has 4 N–H and O–H groups in total. The summed E-state index contributed by atoms with van der Waals surface area (Å²) in [6, 6.07) is 16.8. The summed E-state index contributed by atoms with van der Waals surface area (Å²) < 4.78 is 0. The topological polar surface area (TPSA) is 76.4 Å². The highest BCUT2D eigenvalue weighted by Crippen LogP contribution is 2.16. The molecule has 0 radical (unpaired) electrons.